The molecular formula is C9H17NO3. The molecule has 0 aliphatic heterocycles. The van der Waals surface area contributed by atoms with E-state index in [2.05, 4.69) is 5.32 Å². The van der Waals surface area contributed by atoms with E-state index in [1.807, 2.05) is 6.92 Å². The Kier molecular flexibility index (Phi) is 5.93. The summed E-state index contributed by atoms with van der Waals surface area (Å²) >= 11 is 0. The van der Waals surface area contributed by atoms with E-state index in [1.165, 1.54) is 6.92 Å². The largest absolute Gasteiger partial charge is 0.481 e. The Morgan fingerprint density at radius 3 is 2.46 bits per heavy atom. The predicted octanol–water partition coefficient (Wildman–Crippen LogP) is 1.16. The molecule has 1 amide bonds. The minimum atomic E-state index is -0.757. The van der Waals surface area contributed by atoms with Crippen molar-refractivity contribution in [3.8, 4) is 0 Å². The highest BCUT2D eigenvalue weighted by atomic mass is 16.4. The molecule has 4 heteroatoms. The molecule has 1 atom stereocenters. The zero-order chi connectivity index (χ0) is 10.3. The standard InChI is InChI=1S/C9H17NO3/c1-7(10-8(2)11)5-3-4-6-9(12)13/h7H,3-6H2,1-2H3,(H,10,11)(H,12,13). The van der Waals surface area contributed by atoms with Crippen LogP contribution in [-0.4, -0.2) is 23.0 Å². The molecule has 0 rings (SSSR count). The van der Waals surface area contributed by atoms with Crippen LogP contribution in [0.5, 0.6) is 0 Å². The summed E-state index contributed by atoms with van der Waals surface area (Å²) in [4.78, 5) is 20.7. The molecule has 0 spiro atoms. The van der Waals surface area contributed by atoms with Gasteiger partial charge in [0.25, 0.3) is 0 Å². The number of aliphatic carboxylic acids is 1. The van der Waals surface area contributed by atoms with Crippen molar-refractivity contribution in [2.45, 2.75) is 45.6 Å². The number of nitrogens with one attached hydrogen (secondary N) is 1. The van der Waals surface area contributed by atoms with E-state index in [0.29, 0.717) is 6.42 Å². The van der Waals surface area contributed by atoms with Gasteiger partial charge in [-0.05, 0) is 19.8 Å². The summed E-state index contributed by atoms with van der Waals surface area (Å²) in [5.41, 5.74) is 0. The van der Waals surface area contributed by atoms with Gasteiger partial charge < -0.3 is 10.4 Å². The predicted molar refractivity (Wildman–Crippen MR) is 49.4 cm³/mol. The van der Waals surface area contributed by atoms with Gasteiger partial charge in [0.15, 0.2) is 0 Å². The van der Waals surface area contributed by atoms with Crippen LogP contribution in [0.1, 0.15) is 39.5 Å². The summed E-state index contributed by atoms with van der Waals surface area (Å²) in [5, 5.41) is 11.1. The number of carbonyl (C=O) groups excluding carboxylic acids is 1. The first kappa shape index (κ1) is 11.9. The van der Waals surface area contributed by atoms with Crippen LogP contribution in [0.2, 0.25) is 0 Å². The molecule has 0 saturated carbocycles. The lowest BCUT2D eigenvalue weighted by molar-refractivity contribution is -0.137. The second-order valence-corrected chi connectivity index (χ2v) is 3.24. The van der Waals surface area contributed by atoms with Gasteiger partial charge in [-0.25, -0.2) is 0 Å². The average molecular weight is 187 g/mol. The van der Waals surface area contributed by atoms with Crippen molar-refractivity contribution < 1.29 is 14.7 Å². The maximum atomic E-state index is 10.6. The van der Waals surface area contributed by atoms with E-state index in [-0.39, 0.29) is 18.4 Å². The SMILES string of the molecule is CC(=O)NC(C)CCCCC(=O)O. The third-order valence-corrected chi connectivity index (χ3v) is 1.73. The monoisotopic (exact) mass is 187 g/mol. The lowest BCUT2D eigenvalue weighted by Crippen LogP contribution is -2.30. The van der Waals surface area contributed by atoms with Gasteiger partial charge in [0.1, 0.15) is 0 Å². The van der Waals surface area contributed by atoms with Crippen molar-refractivity contribution in [1.29, 1.82) is 0 Å². The average Bonchev–Trinajstić information content (AvgIpc) is 1.96. The maximum Gasteiger partial charge on any atom is 0.303 e. The summed E-state index contributed by atoms with van der Waals surface area (Å²) in [6.07, 6.45) is 2.58. The molecule has 1 unspecified atom stereocenters. The summed E-state index contributed by atoms with van der Waals surface area (Å²) in [7, 11) is 0. The number of unbranched alkanes of at least 4 members (excludes halogenated alkanes) is 1. The van der Waals surface area contributed by atoms with E-state index in [9.17, 15) is 9.59 Å². The number of hydrogen-bond acceptors (Lipinski definition) is 2. The topological polar surface area (TPSA) is 66.4 Å². The third kappa shape index (κ3) is 8.85. The normalized spacial score (nSPS) is 12.2. The minimum absolute atomic E-state index is 0.0364. The van der Waals surface area contributed by atoms with Crippen LogP contribution in [0.3, 0.4) is 0 Å². The molecule has 0 aliphatic carbocycles. The lowest BCUT2D eigenvalue weighted by atomic mass is 10.1. The molecule has 0 fully saturated rings. The summed E-state index contributed by atoms with van der Waals surface area (Å²) < 4.78 is 0. The maximum absolute atomic E-state index is 10.6. The van der Waals surface area contributed by atoms with Crippen LogP contribution in [-0.2, 0) is 9.59 Å². The number of carboxylic acid groups (broad SMARTS) is 1. The van der Waals surface area contributed by atoms with Crippen LogP contribution in [0.15, 0.2) is 0 Å². The molecule has 0 saturated heterocycles. The first-order valence-corrected chi connectivity index (χ1v) is 4.51. The Bertz CT molecular complexity index is 180. The van der Waals surface area contributed by atoms with Crippen molar-refractivity contribution in [2.75, 3.05) is 0 Å². The summed E-state index contributed by atoms with van der Waals surface area (Å²) in [5.74, 6) is -0.794. The molecule has 0 aromatic heterocycles. The quantitative estimate of drug-likeness (QED) is 0.613. The van der Waals surface area contributed by atoms with Crippen molar-refractivity contribution in [3.05, 3.63) is 0 Å². The summed E-state index contributed by atoms with van der Waals surface area (Å²) in [6, 6.07) is 0.145. The highest BCUT2D eigenvalue weighted by molar-refractivity contribution is 5.73. The van der Waals surface area contributed by atoms with Crippen LogP contribution in [0, 0.1) is 0 Å². The molecule has 0 aromatic rings. The lowest BCUT2D eigenvalue weighted by Gasteiger charge is -2.11. The minimum Gasteiger partial charge on any atom is -0.481 e. The Morgan fingerprint density at radius 1 is 1.38 bits per heavy atom. The van der Waals surface area contributed by atoms with Gasteiger partial charge in [0.2, 0.25) is 5.91 Å². The van der Waals surface area contributed by atoms with Crippen molar-refractivity contribution in [2.24, 2.45) is 0 Å². The number of amides is 1. The van der Waals surface area contributed by atoms with E-state index >= 15 is 0 Å². The van der Waals surface area contributed by atoms with E-state index in [1.54, 1.807) is 0 Å². The van der Waals surface area contributed by atoms with Crippen molar-refractivity contribution in [3.63, 3.8) is 0 Å². The fraction of sp³-hybridized carbons (Fsp3) is 0.778. The molecule has 0 heterocycles. The molecular weight excluding hydrogens is 170 g/mol. The second kappa shape index (κ2) is 6.46. The van der Waals surface area contributed by atoms with Gasteiger partial charge in [-0.3, -0.25) is 9.59 Å². The Balaban J connectivity index is 3.31. The second-order valence-electron chi connectivity index (χ2n) is 3.24. The van der Waals surface area contributed by atoms with Gasteiger partial charge in [-0.2, -0.15) is 0 Å². The first-order chi connectivity index (χ1) is 6.02. The van der Waals surface area contributed by atoms with E-state index in [0.717, 1.165) is 12.8 Å². The zero-order valence-electron chi connectivity index (χ0n) is 8.17. The van der Waals surface area contributed by atoms with Gasteiger partial charge in [0, 0.05) is 19.4 Å². The third-order valence-electron chi connectivity index (χ3n) is 1.73. The van der Waals surface area contributed by atoms with Crippen LogP contribution >= 0.6 is 0 Å². The molecule has 0 aliphatic rings. The highest BCUT2D eigenvalue weighted by Crippen LogP contribution is 2.03. The van der Waals surface area contributed by atoms with Gasteiger partial charge in [-0.1, -0.05) is 6.42 Å². The van der Waals surface area contributed by atoms with Crippen molar-refractivity contribution in [1.82, 2.24) is 5.32 Å². The molecule has 0 bridgehead atoms. The summed E-state index contributed by atoms with van der Waals surface area (Å²) in [6.45, 7) is 3.40. The van der Waals surface area contributed by atoms with E-state index in [4.69, 9.17) is 5.11 Å². The molecule has 2 N–H and O–H groups in total. The smallest absolute Gasteiger partial charge is 0.303 e. The molecule has 0 radical (unpaired) electrons. The molecule has 13 heavy (non-hydrogen) atoms. The highest BCUT2D eigenvalue weighted by Gasteiger charge is 2.03. The Morgan fingerprint density at radius 2 is 2.00 bits per heavy atom. The molecule has 4 nitrogen and oxygen atoms in total. The number of carboxylic acids is 1. The molecule has 76 valence electrons. The van der Waals surface area contributed by atoms with Crippen LogP contribution < -0.4 is 5.32 Å². The Labute approximate surface area is 78.3 Å². The van der Waals surface area contributed by atoms with Crippen LogP contribution in [0.25, 0.3) is 0 Å². The first-order valence-electron chi connectivity index (χ1n) is 4.51. The van der Waals surface area contributed by atoms with Gasteiger partial charge in [0.05, 0.1) is 0 Å². The zero-order valence-corrected chi connectivity index (χ0v) is 8.17. The fourth-order valence-electron chi connectivity index (χ4n) is 1.15. The number of hydrogen-bond donors (Lipinski definition) is 2. The fourth-order valence-corrected chi connectivity index (χ4v) is 1.15. The van der Waals surface area contributed by atoms with Crippen molar-refractivity contribution >= 4 is 11.9 Å². The molecule has 0 aromatic carbocycles. The number of carbonyl (C=O) groups is 2. The van der Waals surface area contributed by atoms with Gasteiger partial charge >= 0.3 is 5.97 Å². The van der Waals surface area contributed by atoms with Gasteiger partial charge in [-0.15, -0.1) is 0 Å². The van der Waals surface area contributed by atoms with E-state index < -0.39 is 5.97 Å². The Hall–Kier alpha value is -1.06. The number of rotatable bonds is 6. The van der Waals surface area contributed by atoms with Crippen LogP contribution in [0.4, 0.5) is 0 Å².